The topological polar surface area (TPSA) is 129 Å². The van der Waals surface area contributed by atoms with Crippen molar-refractivity contribution in [1.29, 1.82) is 0 Å². The number of carboxylic acid groups (broad SMARTS) is 1. The van der Waals surface area contributed by atoms with Crippen LogP contribution >= 0.6 is 15.9 Å². The highest BCUT2D eigenvalue weighted by Crippen LogP contribution is 2.16. The average molecular weight is 374 g/mol. The van der Waals surface area contributed by atoms with Crippen molar-refractivity contribution >= 4 is 37.9 Å². The van der Waals surface area contributed by atoms with Crippen LogP contribution in [-0.2, 0) is 10.0 Å². The molecule has 0 aliphatic carbocycles. The molecule has 2 aromatic rings. The Bertz CT molecular complexity index is 845. The molecule has 0 amide bonds. The first kappa shape index (κ1) is 15.2. The Morgan fingerprint density at radius 1 is 1.29 bits per heavy atom. The summed E-state index contributed by atoms with van der Waals surface area (Å²) in [7, 11) is -3.93. The third kappa shape index (κ3) is 3.47. The summed E-state index contributed by atoms with van der Waals surface area (Å²) in [5.74, 6) is -1.82. The van der Waals surface area contributed by atoms with E-state index in [0.29, 0.717) is 4.47 Å². The van der Waals surface area contributed by atoms with Gasteiger partial charge in [0.2, 0.25) is 5.95 Å². The average Bonchev–Trinajstić information content (AvgIpc) is 2.38. The third-order valence-corrected chi connectivity index (χ3v) is 4.27. The van der Waals surface area contributed by atoms with Crippen LogP contribution in [0.15, 0.2) is 44.6 Å². The SMILES string of the molecule is O=C(O)c1cnc(NS(=O)(=O)c2ccc(Br)cc2)[nH]c1=O. The van der Waals surface area contributed by atoms with Crippen LogP contribution in [0.1, 0.15) is 10.4 Å². The molecule has 0 aliphatic rings. The third-order valence-electron chi connectivity index (χ3n) is 2.38. The summed E-state index contributed by atoms with van der Waals surface area (Å²) < 4.78 is 26.8. The van der Waals surface area contributed by atoms with Crippen LogP contribution in [0.3, 0.4) is 0 Å². The minimum atomic E-state index is -3.93. The fraction of sp³-hybridized carbons (Fsp3) is 0. The monoisotopic (exact) mass is 373 g/mol. The molecule has 0 unspecified atom stereocenters. The van der Waals surface area contributed by atoms with Gasteiger partial charge in [-0.25, -0.2) is 22.9 Å². The molecule has 2 rings (SSSR count). The maximum absolute atomic E-state index is 12.0. The number of anilines is 1. The Hall–Kier alpha value is -2.20. The fourth-order valence-electron chi connectivity index (χ4n) is 1.40. The lowest BCUT2D eigenvalue weighted by Crippen LogP contribution is -2.22. The van der Waals surface area contributed by atoms with Crippen LogP contribution in [0, 0.1) is 0 Å². The normalized spacial score (nSPS) is 11.1. The van der Waals surface area contributed by atoms with E-state index in [0.717, 1.165) is 6.20 Å². The van der Waals surface area contributed by atoms with Gasteiger partial charge in [0.1, 0.15) is 5.56 Å². The molecule has 10 heteroatoms. The number of H-pyrrole nitrogens is 1. The summed E-state index contributed by atoms with van der Waals surface area (Å²) in [5, 5.41) is 8.69. The van der Waals surface area contributed by atoms with Crippen molar-refractivity contribution in [2.45, 2.75) is 4.90 Å². The second kappa shape index (κ2) is 5.66. The lowest BCUT2D eigenvalue weighted by atomic mass is 10.3. The summed E-state index contributed by atoms with van der Waals surface area (Å²) in [4.78, 5) is 27.7. The van der Waals surface area contributed by atoms with Gasteiger partial charge in [-0.05, 0) is 24.3 Å². The van der Waals surface area contributed by atoms with E-state index in [1.807, 2.05) is 4.98 Å². The number of aromatic amines is 1. The van der Waals surface area contributed by atoms with E-state index in [4.69, 9.17) is 5.11 Å². The second-order valence-corrected chi connectivity index (χ2v) is 6.44. The summed E-state index contributed by atoms with van der Waals surface area (Å²) in [6.45, 7) is 0. The number of rotatable bonds is 4. The minimum Gasteiger partial charge on any atom is -0.477 e. The number of aromatic nitrogens is 2. The van der Waals surface area contributed by atoms with E-state index >= 15 is 0 Å². The first-order chi connectivity index (χ1) is 9.79. The Labute approximate surface area is 127 Å². The number of benzene rings is 1. The number of hydrogen-bond acceptors (Lipinski definition) is 5. The largest absolute Gasteiger partial charge is 0.477 e. The number of carbonyl (C=O) groups is 1. The molecule has 0 saturated carbocycles. The quantitative estimate of drug-likeness (QED) is 0.733. The van der Waals surface area contributed by atoms with Crippen molar-refractivity contribution < 1.29 is 18.3 Å². The summed E-state index contributed by atoms with van der Waals surface area (Å²) in [6.07, 6.45) is 0.778. The molecular formula is C11H8BrN3O5S. The number of aromatic carboxylic acids is 1. The van der Waals surface area contributed by atoms with Gasteiger partial charge in [-0.1, -0.05) is 15.9 Å². The highest BCUT2D eigenvalue weighted by Gasteiger charge is 2.16. The van der Waals surface area contributed by atoms with Crippen molar-refractivity contribution in [3.05, 3.63) is 50.9 Å². The van der Waals surface area contributed by atoms with E-state index in [1.165, 1.54) is 24.3 Å². The van der Waals surface area contributed by atoms with Gasteiger partial charge in [-0.3, -0.25) is 9.78 Å². The summed E-state index contributed by atoms with van der Waals surface area (Å²) >= 11 is 3.18. The van der Waals surface area contributed by atoms with E-state index in [2.05, 4.69) is 25.6 Å². The molecule has 0 radical (unpaired) electrons. The predicted octanol–water partition coefficient (Wildman–Crippen LogP) is 1.03. The lowest BCUT2D eigenvalue weighted by molar-refractivity contribution is 0.0694. The zero-order valence-electron chi connectivity index (χ0n) is 10.2. The molecule has 3 N–H and O–H groups in total. The zero-order valence-corrected chi connectivity index (χ0v) is 12.6. The first-order valence-corrected chi connectivity index (χ1v) is 7.68. The van der Waals surface area contributed by atoms with E-state index in [9.17, 15) is 18.0 Å². The van der Waals surface area contributed by atoms with Crippen LogP contribution in [0.25, 0.3) is 0 Å². The molecular weight excluding hydrogens is 366 g/mol. The van der Waals surface area contributed by atoms with Gasteiger partial charge in [0, 0.05) is 4.47 Å². The molecule has 21 heavy (non-hydrogen) atoms. The predicted molar refractivity (Wildman–Crippen MR) is 76.8 cm³/mol. The van der Waals surface area contributed by atoms with Crippen LogP contribution in [0.4, 0.5) is 5.95 Å². The van der Waals surface area contributed by atoms with E-state index in [1.54, 1.807) is 0 Å². The second-order valence-electron chi connectivity index (χ2n) is 3.84. The van der Waals surface area contributed by atoms with Crippen LogP contribution in [0.5, 0.6) is 0 Å². The van der Waals surface area contributed by atoms with Crippen LogP contribution < -0.4 is 10.3 Å². The van der Waals surface area contributed by atoms with Crippen molar-refractivity contribution in [3.63, 3.8) is 0 Å². The number of halogens is 1. The van der Waals surface area contributed by atoms with Crippen molar-refractivity contribution in [2.24, 2.45) is 0 Å². The van der Waals surface area contributed by atoms with Gasteiger partial charge in [0.25, 0.3) is 15.6 Å². The van der Waals surface area contributed by atoms with Gasteiger partial charge in [-0.15, -0.1) is 0 Å². The maximum Gasteiger partial charge on any atom is 0.342 e. The number of sulfonamides is 1. The standard InChI is InChI=1S/C11H8BrN3O5S/c12-6-1-3-7(4-2-6)21(19,20)15-11-13-5-8(10(17)18)9(16)14-11/h1-5H,(H,17,18)(H2,13,14,15,16). The van der Waals surface area contributed by atoms with Crippen molar-refractivity contribution in [3.8, 4) is 0 Å². The van der Waals surface area contributed by atoms with Crippen molar-refractivity contribution in [2.75, 3.05) is 4.72 Å². The summed E-state index contributed by atoms with van der Waals surface area (Å²) in [5.41, 5.74) is -1.53. The molecule has 0 atom stereocenters. The van der Waals surface area contributed by atoms with Gasteiger partial charge in [0.05, 0.1) is 11.1 Å². The van der Waals surface area contributed by atoms with Gasteiger partial charge in [-0.2, -0.15) is 0 Å². The highest BCUT2D eigenvalue weighted by molar-refractivity contribution is 9.10. The summed E-state index contributed by atoms with van der Waals surface area (Å²) in [6, 6.07) is 5.79. The molecule has 110 valence electrons. The van der Waals surface area contributed by atoms with E-state index < -0.39 is 27.1 Å². The molecule has 1 aromatic carbocycles. The lowest BCUT2D eigenvalue weighted by Gasteiger charge is -2.07. The van der Waals surface area contributed by atoms with Gasteiger partial charge < -0.3 is 5.11 Å². The smallest absolute Gasteiger partial charge is 0.342 e. The molecule has 0 bridgehead atoms. The van der Waals surface area contributed by atoms with E-state index in [-0.39, 0.29) is 10.8 Å². The Morgan fingerprint density at radius 3 is 2.43 bits per heavy atom. The van der Waals surface area contributed by atoms with Gasteiger partial charge in [0.15, 0.2) is 0 Å². The number of nitrogens with one attached hydrogen (secondary N) is 2. The molecule has 0 saturated heterocycles. The van der Waals surface area contributed by atoms with Crippen molar-refractivity contribution in [1.82, 2.24) is 9.97 Å². The maximum atomic E-state index is 12.0. The van der Waals surface area contributed by atoms with Gasteiger partial charge >= 0.3 is 5.97 Å². The molecule has 8 nitrogen and oxygen atoms in total. The molecule has 1 heterocycles. The first-order valence-electron chi connectivity index (χ1n) is 5.40. The molecule has 1 aromatic heterocycles. The van der Waals surface area contributed by atoms with Crippen LogP contribution in [0.2, 0.25) is 0 Å². The Kier molecular flexibility index (Phi) is 4.09. The Morgan fingerprint density at radius 2 is 1.90 bits per heavy atom. The molecule has 0 fully saturated rings. The zero-order chi connectivity index (χ0) is 15.6. The molecule has 0 spiro atoms. The van der Waals surface area contributed by atoms with Crippen LogP contribution in [-0.4, -0.2) is 29.5 Å². The fourth-order valence-corrected chi connectivity index (χ4v) is 2.63. The Balaban J connectivity index is 2.33. The number of carboxylic acids is 1. The number of nitrogens with zero attached hydrogens (tertiary/aromatic N) is 1. The minimum absolute atomic E-state index is 0.0318. The molecule has 0 aliphatic heterocycles. The highest BCUT2D eigenvalue weighted by atomic mass is 79.9. The number of hydrogen-bond donors (Lipinski definition) is 3.